The maximum absolute atomic E-state index is 12.5. The fourth-order valence-electron chi connectivity index (χ4n) is 1.81. The molecule has 0 fully saturated rings. The Hall–Kier alpha value is -2.19. The summed E-state index contributed by atoms with van der Waals surface area (Å²) in [6.45, 7) is -0.635. The van der Waals surface area contributed by atoms with Crippen LogP contribution in [0.15, 0.2) is 18.2 Å². The van der Waals surface area contributed by atoms with Gasteiger partial charge < -0.3 is 19.7 Å². The average molecular weight is 338 g/mol. The normalized spacial score (nSPS) is 11.0. The second-order valence-electron chi connectivity index (χ2n) is 4.81. The Bertz CT molecular complexity index is 527. The molecular formula is C14H18F4N2O3. The van der Waals surface area contributed by atoms with Crippen molar-refractivity contribution < 1.29 is 31.8 Å². The molecule has 23 heavy (non-hydrogen) atoms. The topological polar surface area (TPSA) is 50.8 Å². The Kier molecular flexibility index (Phi) is 6.92. The molecule has 1 rings (SSSR count). The molecule has 0 aliphatic rings. The van der Waals surface area contributed by atoms with Crippen molar-refractivity contribution in [2.75, 3.05) is 19.0 Å². The van der Waals surface area contributed by atoms with E-state index in [9.17, 15) is 22.4 Å². The van der Waals surface area contributed by atoms with Crippen molar-refractivity contribution in [2.24, 2.45) is 0 Å². The smallest absolute Gasteiger partial charge is 0.387 e. The predicted molar refractivity (Wildman–Crippen MR) is 76.5 cm³/mol. The Morgan fingerprint density at radius 3 is 2.35 bits per heavy atom. The summed E-state index contributed by atoms with van der Waals surface area (Å²) < 4.78 is 58.9. The van der Waals surface area contributed by atoms with E-state index in [1.165, 1.54) is 19.2 Å². The minimum absolute atomic E-state index is 0.0524. The molecule has 130 valence electrons. The summed E-state index contributed by atoms with van der Waals surface area (Å²) in [4.78, 5) is 13.0. The summed E-state index contributed by atoms with van der Waals surface area (Å²) in [7, 11) is 1.27. The summed E-state index contributed by atoms with van der Waals surface area (Å²) in [5, 5.41) is 2.37. The molecule has 2 amide bonds. The van der Waals surface area contributed by atoms with Gasteiger partial charge in [-0.1, -0.05) is 0 Å². The van der Waals surface area contributed by atoms with Crippen LogP contribution in [0, 0.1) is 0 Å². The summed E-state index contributed by atoms with van der Waals surface area (Å²) >= 11 is 0. The van der Waals surface area contributed by atoms with Crippen LogP contribution in [0.3, 0.4) is 0 Å². The molecule has 5 nitrogen and oxygen atoms in total. The van der Waals surface area contributed by atoms with Gasteiger partial charge in [0.2, 0.25) is 0 Å². The van der Waals surface area contributed by atoms with Crippen LogP contribution in [-0.2, 0) is 0 Å². The summed E-state index contributed by atoms with van der Waals surface area (Å²) in [6.07, 6.45) is -2.68. The molecule has 1 N–H and O–H groups in total. The van der Waals surface area contributed by atoms with Gasteiger partial charge in [0.1, 0.15) is 0 Å². The molecule has 0 aliphatic heterocycles. The number of ether oxygens (including phenoxy) is 2. The van der Waals surface area contributed by atoms with Crippen LogP contribution in [0.25, 0.3) is 0 Å². The molecular weight excluding hydrogens is 320 g/mol. The van der Waals surface area contributed by atoms with Crippen molar-refractivity contribution in [1.29, 1.82) is 0 Å². The number of hydrogen-bond acceptors (Lipinski definition) is 3. The fourth-order valence-corrected chi connectivity index (χ4v) is 1.81. The van der Waals surface area contributed by atoms with E-state index < -0.39 is 31.7 Å². The number of nitrogens with zero attached hydrogens (tertiary/aromatic N) is 1. The number of carbonyl (C=O) groups excluding carboxylic acids is 1. The van der Waals surface area contributed by atoms with E-state index in [1.54, 1.807) is 13.8 Å². The fraction of sp³-hybridized carbons (Fsp3) is 0.500. The molecule has 0 saturated carbocycles. The third-order valence-corrected chi connectivity index (χ3v) is 2.85. The van der Waals surface area contributed by atoms with Crippen molar-refractivity contribution in [3.8, 4) is 11.5 Å². The first-order valence-electron chi connectivity index (χ1n) is 6.73. The van der Waals surface area contributed by atoms with E-state index in [0.29, 0.717) is 0 Å². The van der Waals surface area contributed by atoms with Gasteiger partial charge in [0.25, 0.3) is 6.43 Å². The number of urea groups is 1. The Morgan fingerprint density at radius 2 is 1.87 bits per heavy atom. The molecule has 0 saturated heterocycles. The molecule has 1 aromatic carbocycles. The third-order valence-electron chi connectivity index (χ3n) is 2.85. The molecule has 0 aromatic heterocycles. The lowest BCUT2D eigenvalue weighted by molar-refractivity contribution is -0.0511. The zero-order valence-electron chi connectivity index (χ0n) is 12.9. The van der Waals surface area contributed by atoms with Gasteiger partial charge in [-0.2, -0.15) is 8.78 Å². The first-order chi connectivity index (χ1) is 10.7. The second-order valence-corrected chi connectivity index (χ2v) is 4.81. The number of anilines is 1. The molecule has 9 heteroatoms. The minimum Gasteiger partial charge on any atom is -0.493 e. The van der Waals surface area contributed by atoms with Gasteiger partial charge in [-0.25, -0.2) is 13.6 Å². The van der Waals surface area contributed by atoms with Crippen LogP contribution < -0.4 is 14.8 Å². The van der Waals surface area contributed by atoms with Gasteiger partial charge in [0, 0.05) is 17.8 Å². The monoisotopic (exact) mass is 338 g/mol. The largest absolute Gasteiger partial charge is 0.493 e. The highest BCUT2D eigenvalue weighted by atomic mass is 19.3. The van der Waals surface area contributed by atoms with E-state index in [-0.39, 0.29) is 17.2 Å². The number of amides is 2. The van der Waals surface area contributed by atoms with E-state index in [1.807, 2.05) is 0 Å². The molecule has 0 atom stereocenters. The van der Waals surface area contributed by atoms with Gasteiger partial charge in [-0.05, 0) is 26.0 Å². The molecule has 0 radical (unpaired) electrons. The van der Waals surface area contributed by atoms with E-state index in [0.717, 1.165) is 11.0 Å². The van der Waals surface area contributed by atoms with Crippen LogP contribution in [0.1, 0.15) is 13.8 Å². The van der Waals surface area contributed by atoms with Gasteiger partial charge in [-0.15, -0.1) is 0 Å². The van der Waals surface area contributed by atoms with E-state index >= 15 is 0 Å². The molecule has 0 heterocycles. The van der Waals surface area contributed by atoms with Crippen LogP contribution in [0.2, 0.25) is 0 Å². The lowest BCUT2D eigenvalue weighted by Gasteiger charge is -2.26. The highest BCUT2D eigenvalue weighted by Crippen LogP contribution is 2.31. The quantitative estimate of drug-likeness (QED) is 0.769. The van der Waals surface area contributed by atoms with Crippen molar-refractivity contribution >= 4 is 11.7 Å². The molecule has 0 unspecified atom stereocenters. The number of rotatable bonds is 7. The standard InChI is InChI=1S/C14H18F4N2O3/c1-8(2)20(7-12(15)16)14(21)19-9-4-5-10(22-3)11(6-9)23-13(17)18/h4-6,8,12-13H,7H2,1-3H3,(H,19,21). The lowest BCUT2D eigenvalue weighted by Crippen LogP contribution is -2.42. The number of halogens is 4. The predicted octanol–water partition coefficient (Wildman–Crippen LogP) is 3.80. The highest BCUT2D eigenvalue weighted by Gasteiger charge is 2.21. The SMILES string of the molecule is COc1ccc(NC(=O)N(CC(F)F)C(C)C)cc1OC(F)F. The van der Waals surface area contributed by atoms with Crippen molar-refractivity contribution in [3.05, 3.63) is 18.2 Å². The summed E-state index contributed by atoms with van der Waals surface area (Å²) in [5.74, 6) is -0.221. The first kappa shape index (κ1) is 18.9. The zero-order valence-corrected chi connectivity index (χ0v) is 12.9. The van der Waals surface area contributed by atoms with Crippen LogP contribution in [-0.4, -0.2) is 43.7 Å². The van der Waals surface area contributed by atoms with Gasteiger partial charge in [0.15, 0.2) is 11.5 Å². The van der Waals surface area contributed by atoms with Gasteiger partial charge >= 0.3 is 12.6 Å². The van der Waals surface area contributed by atoms with Crippen molar-refractivity contribution in [1.82, 2.24) is 4.90 Å². The summed E-state index contributed by atoms with van der Waals surface area (Å²) in [6, 6.07) is 2.60. The van der Waals surface area contributed by atoms with Gasteiger partial charge in [-0.3, -0.25) is 0 Å². The molecule has 0 aliphatic carbocycles. The van der Waals surface area contributed by atoms with Crippen molar-refractivity contribution in [3.63, 3.8) is 0 Å². The lowest BCUT2D eigenvalue weighted by atomic mass is 10.2. The number of benzene rings is 1. The van der Waals surface area contributed by atoms with Crippen LogP contribution in [0.5, 0.6) is 11.5 Å². The third kappa shape index (κ3) is 5.84. The van der Waals surface area contributed by atoms with E-state index in [2.05, 4.69) is 10.1 Å². The van der Waals surface area contributed by atoms with E-state index in [4.69, 9.17) is 4.74 Å². The Morgan fingerprint density at radius 1 is 1.22 bits per heavy atom. The first-order valence-corrected chi connectivity index (χ1v) is 6.73. The van der Waals surface area contributed by atoms with Crippen LogP contribution >= 0.6 is 0 Å². The number of hydrogen-bond donors (Lipinski definition) is 1. The minimum atomic E-state index is -3.07. The zero-order chi connectivity index (χ0) is 17.6. The van der Waals surface area contributed by atoms with Crippen molar-refractivity contribution in [2.45, 2.75) is 32.9 Å². The number of methoxy groups -OCH3 is 1. The highest BCUT2D eigenvalue weighted by molar-refractivity contribution is 5.90. The van der Waals surface area contributed by atoms with Crippen LogP contribution in [0.4, 0.5) is 28.0 Å². The molecule has 0 bridgehead atoms. The second kappa shape index (κ2) is 8.44. The maximum atomic E-state index is 12.5. The molecule has 0 spiro atoms. The average Bonchev–Trinajstić information content (AvgIpc) is 2.43. The number of alkyl halides is 4. The Labute approximate surface area is 131 Å². The van der Waals surface area contributed by atoms with Gasteiger partial charge in [0.05, 0.1) is 13.7 Å². The summed E-state index contributed by atoms with van der Waals surface area (Å²) in [5.41, 5.74) is 0.117. The number of carbonyl (C=O) groups is 1. The molecule has 1 aromatic rings. The maximum Gasteiger partial charge on any atom is 0.387 e. The number of nitrogens with one attached hydrogen (secondary N) is 1. The Balaban J connectivity index is 2.92.